The molecular formula is C13H18FNO. The molecule has 0 saturated heterocycles. The lowest BCUT2D eigenvalue weighted by Gasteiger charge is -2.24. The number of rotatable bonds is 5. The molecule has 0 saturated carbocycles. The van der Waals surface area contributed by atoms with Crippen LogP contribution >= 0.6 is 0 Å². The van der Waals surface area contributed by atoms with Gasteiger partial charge in [0.05, 0.1) is 5.69 Å². The lowest BCUT2D eigenvalue weighted by molar-refractivity contribution is 0.112. The molecule has 1 atom stereocenters. The minimum atomic E-state index is -0.338. The Morgan fingerprint density at radius 3 is 2.75 bits per heavy atom. The topological polar surface area (TPSA) is 20.3 Å². The zero-order valence-electron chi connectivity index (χ0n) is 10.0. The third-order valence-corrected chi connectivity index (χ3v) is 2.81. The number of hydrogen-bond acceptors (Lipinski definition) is 2. The molecule has 0 N–H and O–H groups in total. The van der Waals surface area contributed by atoms with E-state index in [1.165, 1.54) is 6.07 Å². The molecule has 0 aliphatic rings. The quantitative estimate of drug-likeness (QED) is 0.715. The largest absolute Gasteiger partial charge is 0.371 e. The van der Waals surface area contributed by atoms with Gasteiger partial charge in [-0.2, -0.15) is 0 Å². The molecule has 0 aromatic heterocycles. The maximum atomic E-state index is 13.6. The molecule has 0 fully saturated rings. The molecule has 1 rings (SSSR count). The lowest BCUT2D eigenvalue weighted by Crippen LogP contribution is -2.25. The van der Waals surface area contributed by atoms with Crippen LogP contribution in [0.4, 0.5) is 10.1 Å². The molecule has 0 amide bonds. The van der Waals surface area contributed by atoms with Gasteiger partial charge in [-0.25, -0.2) is 4.39 Å². The van der Waals surface area contributed by atoms with Crippen LogP contribution in [0.2, 0.25) is 0 Å². The zero-order chi connectivity index (χ0) is 12.1. The van der Waals surface area contributed by atoms with Crippen molar-refractivity contribution in [1.29, 1.82) is 0 Å². The normalized spacial score (nSPS) is 12.2. The molecule has 1 aromatic rings. The van der Waals surface area contributed by atoms with E-state index in [0.29, 0.717) is 23.5 Å². The SMILES string of the molecule is CCC(C)CN(C)c1c(F)cccc1C=O. The third-order valence-electron chi connectivity index (χ3n) is 2.81. The Morgan fingerprint density at radius 2 is 2.19 bits per heavy atom. The van der Waals surface area contributed by atoms with Gasteiger partial charge < -0.3 is 4.90 Å². The maximum Gasteiger partial charge on any atom is 0.152 e. The molecule has 0 heterocycles. The first-order valence-corrected chi connectivity index (χ1v) is 5.55. The summed E-state index contributed by atoms with van der Waals surface area (Å²) in [7, 11) is 1.82. The summed E-state index contributed by atoms with van der Waals surface area (Å²) in [6.07, 6.45) is 1.74. The van der Waals surface area contributed by atoms with E-state index in [-0.39, 0.29) is 5.82 Å². The van der Waals surface area contributed by atoms with Gasteiger partial charge in [0.15, 0.2) is 6.29 Å². The van der Waals surface area contributed by atoms with E-state index in [0.717, 1.165) is 13.0 Å². The highest BCUT2D eigenvalue weighted by Crippen LogP contribution is 2.23. The average molecular weight is 223 g/mol. The molecule has 0 aliphatic carbocycles. The fourth-order valence-corrected chi connectivity index (χ4v) is 1.72. The minimum Gasteiger partial charge on any atom is -0.371 e. The van der Waals surface area contributed by atoms with Crippen molar-refractivity contribution in [3.05, 3.63) is 29.6 Å². The van der Waals surface area contributed by atoms with Gasteiger partial charge in [0.25, 0.3) is 0 Å². The van der Waals surface area contributed by atoms with Gasteiger partial charge >= 0.3 is 0 Å². The van der Waals surface area contributed by atoms with E-state index in [4.69, 9.17) is 0 Å². The fraction of sp³-hybridized carbons (Fsp3) is 0.462. The highest BCUT2D eigenvalue weighted by atomic mass is 19.1. The van der Waals surface area contributed by atoms with E-state index >= 15 is 0 Å². The van der Waals surface area contributed by atoms with E-state index in [2.05, 4.69) is 13.8 Å². The Kier molecular flexibility index (Phi) is 4.47. The second-order valence-corrected chi connectivity index (χ2v) is 4.19. The number of halogens is 1. The van der Waals surface area contributed by atoms with Crippen molar-refractivity contribution in [1.82, 2.24) is 0 Å². The summed E-state index contributed by atoms with van der Waals surface area (Å²) >= 11 is 0. The number of para-hydroxylation sites is 1. The van der Waals surface area contributed by atoms with Crippen LogP contribution in [0.15, 0.2) is 18.2 Å². The molecule has 0 spiro atoms. The van der Waals surface area contributed by atoms with Crippen LogP contribution in [0.5, 0.6) is 0 Å². The number of carbonyl (C=O) groups excluding carboxylic acids is 1. The van der Waals surface area contributed by atoms with Gasteiger partial charge in [0.1, 0.15) is 5.82 Å². The zero-order valence-corrected chi connectivity index (χ0v) is 10.0. The van der Waals surface area contributed by atoms with Crippen LogP contribution in [0.25, 0.3) is 0 Å². The number of nitrogens with zero attached hydrogens (tertiary/aromatic N) is 1. The molecule has 0 radical (unpaired) electrons. The predicted octanol–water partition coefficient (Wildman–Crippen LogP) is 3.12. The molecule has 16 heavy (non-hydrogen) atoms. The summed E-state index contributed by atoms with van der Waals surface area (Å²) in [5, 5.41) is 0. The van der Waals surface area contributed by atoms with Crippen LogP contribution in [0.3, 0.4) is 0 Å². The molecule has 0 bridgehead atoms. The van der Waals surface area contributed by atoms with E-state index < -0.39 is 0 Å². The summed E-state index contributed by atoms with van der Waals surface area (Å²) in [6, 6.07) is 4.58. The van der Waals surface area contributed by atoms with Crippen molar-refractivity contribution in [3.63, 3.8) is 0 Å². The second-order valence-electron chi connectivity index (χ2n) is 4.19. The molecule has 2 nitrogen and oxygen atoms in total. The Hall–Kier alpha value is -1.38. The van der Waals surface area contributed by atoms with E-state index in [9.17, 15) is 9.18 Å². The summed E-state index contributed by atoms with van der Waals surface area (Å²) < 4.78 is 13.6. The maximum absolute atomic E-state index is 13.6. The summed E-state index contributed by atoms with van der Waals surface area (Å²) in [4.78, 5) is 12.7. The van der Waals surface area contributed by atoms with Crippen molar-refractivity contribution >= 4 is 12.0 Å². The smallest absolute Gasteiger partial charge is 0.152 e. The monoisotopic (exact) mass is 223 g/mol. The molecule has 1 unspecified atom stereocenters. The summed E-state index contributed by atoms with van der Waals surface area (Å²) in [6.45, 7) is 4.96. The Labute approximate surface area is 96.1 Å². The van der Waals surface area contributed by atoms with Crippen molar-refractivity contribution in [2.75, 3.05) is 18.5 Å². The van der Waals surface area contributed by atoms with Gasteiger partial charge in [0.2, 0.25) is 0 Å². The van der Waals surface area contributed by atoms with Crippen LogP contribution in [0.1, 0.15) is 30.6 Å². The van der Waals surface area contributed by atoms with Crippen molar-refractivity contribution in [3.8, 4) is 0 Å². The first-order chi connectivity index (χ1) is 7.60. The van der Waals surface area contributed by atoms with E-state index in [1.807, 2.05) is 11.9 Å². The van der Waals surface area contributed by atoms with Crippen molar-refractivity contribution < 1.29 is 9.18 Å². The number of anilines is 1. The average Bonchev–Trinajstić information content (AvgIpc) is 2.28. The van der Waals surface area contributed by atoms with Crippen molar-refractivity contribution in [2.24, 2.45) is 5.92 Å². The number of hydrogen-bond donors (Lipinski definition) is 0. The number of benzene rings is 1. The van der Waals surface area contributed by atoms with Gasteiger partial charge in [-0.1, -0.05) is 26.3 Å². The number of aldehydes is 1. The molecule has 0 aliphatic heterocycles. The Balaban J connectivity index is 2.97. The Bertz CT molecular complexity index is 365. The fourth-order valence-electron chi connectivity index (χ4n) is 1.72. The van der Waals surface area contributed by atoms with Crippen LogP contribution in [-0.2, 0) is 0 Å². The van der Waals surface area contributed by atoms with Gasteiger partial charge in [-0.05, 0) is 18.1 Å². The lowest BCUT2D eigenvalue weighted by atomic mass is 10.1. The first-order valence-electron chi connectivity index (χ1n) is 5.55. The molecule has 88 valence electrons. The standard InChI is InChI=1S/C13H18FNO/c1-4-10(2)8-15(3)13-11(9-16)6-5-7-12(13)14/h5-7,9-10H,4,8H2,1-3H3. The summed E-state index contributed by atoms with van der Waals surface area (Å²) in [5.41, 5.74) is 0.809. The van der Waals surface area contributed by atoms with Crippen LogP contribution < -0.4 is 4.90 Å². The van der Waals surface area contributed by atoms with Gasteiger partial charge in [0, 0.05) is 19.2 Å². The predicted molar refractivity (Wildman–Crippen MR) is 64.5 cm³/mol. The van der Waals surface area contributed by atoms with E-state index in [1.54, 1.807) is 12.1 Å². The third kappa shape index (κ3) is 2.81. The van der Waals surface area contributed by atoms with Crippen LogP contribution in [-0.4, -0.2) is 19.9 Å². The first kappa shape index (κ1) is 12.7. The highest BCUT2D eigenvalue weighted by Gasteiger charge is 2.14. The minimum absolute atomic E-state index is 0.338. The highest BCUT2D eigenvalue weighted by molar-refractivity contribution is 5.84. The molecule has 1 aromatic carbocycles. The van der Waals surface area contributed by atoms with Gasteiger partial charge in [-0.15, -0.1) is 0 Å². The van der Waals surface area contributed by atoms with Crippen molar-refractivity contribution in [2.45, 2.75) is 20.3 Å². The number of carbonyl (C=O) groups is 1. The van der Waals surface area contributed by atoms with Crippen LogP contribution in [0, 0.1) is 11.7 Å². The van der Waals surface area contributed by atoms with Gasteiger partial charge in [-0.3, -0.25) is 4.79 Å². The molecular weight excluding hydrogens is 205 g/mol. The molecule has 3 heteroatoms. The summed E-state index contributed by atoms with van der Waals surface area (Å²) in [5.74, 6) is 0.138. The second kappa shape index (κ2) is 5.64. The Morgan fingerprint density at radius 1 is 1.50 bits per heavy atom.